The van der Waals surface area contributed by atoms with Gasteiger partial charge >= 0.3 is 0 Å². The van der Waals surface area contributed by atoms with E-state index in [2.05, 4.69) is 132 Å². The Labute approximate surface area is 238 Å². The second-order valence-corrected chi connectivity index (χ2v) is 11.0. The number of hydrogen-bond acceptors (Lipinski definition) is 2. The fraction of sp³-hybridized carbons (Fsp3) is 0.0811. The Balaban J connectivity index is 1.36. The van der Waals surface area contributed by atoms with Crippen molar-refractivity contribution in [2.45, 2.75) is 20.5 Å². The van der Waals surface area contributed by atoms with Crippen LogP contribution in [0, 0.1) is 13.8 Å². The molecule has 4 heteroatoms. The molecule has 0 fully saturated rings. The van der Waals surface area contributed by atoms with Crippen molar-refractivity contribution in [1.82, 2.24) is 19.1 Å². The summed E-state index contributed by atoms with van der Waals surface area (Å²) in [5.41, 5.74) is 11.5. The largest absolute Gasteiger partial charge is 0.307 e. The standard InChI is InChI=1S/C37H28N4/c1-24-17-32-30-19-28(26-9-5-3-6-10-26)13-15-34(30)40(36(32)38-21-24)23-41-35-16-14-29(27-11-7-4-8-12-27)20-31(35)33-18-25(2)22-39-37(33)41/h3-22H,23H2,1-2H3. The van der Waals surface area contributed by atoms with Crippen molar-refractivity contribution in [3.8, 4) is 22.3 Å². The lowest BCUT2D eigenvalue weighted by Gasteiger charge is -2.12. The lowest BCUT2D eigenvalue weighted by Crippen LogP contribution is -2.09. The summed E-state index contributed by atoms with van der Waals surface area (Å²) in [7, 11) is 0. The topological polar surface area (TPSA) is 35.6 Å². The van der Waals surface area contributed by atoms with Crippen molar-refractivity contribution >= 4 is 43.9 Å². The van der Waals surface area contributed by atoms with Gasteiger partial charge in [-0.15, -0.1) is 0 Å². The summed E-state index contributed by atoms with van der Waals surface area (Å²) in [5.74, 6) is 0. The van der Waals surface area contributed by atoms with E-state index < -0.39 is 0 Å². The minimum atomic E-state index is 0.613. The summed E-state index contributed by atoms with van der Waals surface area (Å²) in [6.45, 7) is 4.84. The fourth-order valence-corrected chi connectivity index (χ4v) is 6.20. The molecule has 0 aliphatic carbocycles. The maximum Gasteiger partial charge on any atom is 0.142 e. The Bertz CT molecular complexity index is 2080. The Hall–Kier alpha value is -5.22. The molecule has 0 saturated carbocycles. The summed E-state index contributed by atoms with van der Waals surface area (Å²) in [4.78, 5) is 9.92. The van der Waals surface area contributed by atoms with Gasteiger partial charge in [-0.2, -0.15) is 0 Å². The molecule has 0 atom stereocenters. The van der Waals surface area contributed by atoms with Crippen LogP contribution in [0.4, 0.5) is 0 Å². The van der Waals surface area contributed by atoms with Crippen molar-refractivity contribution in [1.29, 1.82) is 0 Å². The van der Waals surface area contributed by atoms with Gasteiger partial charge in [-0.3, -0.25) is 0 Å². The lowest BCUT2D eigenvalue weighted by atomic mass is 10.0. The molecule has 0 spiro atoms. The molecule has 0 aliphatic rings. The van der Waals surface area contributed by atoms with E-state index in [1.54, 1.807) is 0 Å². The van der Waals surface area contributed by atoms with Crippen LogP contribution in [-0.2, 0) is 6.67 Å². The highest BCUT2D eigenvalue weighted by atomic mass is 15.2. The quantitative estimate of drug-likeness (QED) is 0.228. The van der Waals surface area contributed by atoms with E-state index in [1.165, 1.54) is 54.8 Å². The zero-order valence-corrected chi connectivity index (χ0v) is 23.0. The molecule has 196 valence electrons. The molecule has 0 amide bonds. The molecule has 0 N–H and O–H groups in total. The first-order chi connectivity index (χ1) is 20.1. The van der Waals surface area contributed by atoms with E-state index in [4.69, 9.17) is 9.97 Å². The number of rotatable bonds is 4. The van der Waals surface area contributed by atoms with Gasteiger partial charge < -0.3 is 9.13 Å². The highest BCUT2D eigenvalue weighted by Crippen LogP contribution is 2.36. The smallest absolute Gasteiger partial charge is 0.142 e. The summed E-state index contributed by atoms with van der Waals surface area (Å²) < 4.78 is 4.68. The van der Waals surface area contributed by atoms with Crippen LogP contribution in [0.1, 0.15) is 11.1 Å². The van der Waals surface area contributed by atoms with Crippen molar-refractivity contribution in [3.63, 3.8) is 0 Å². The number of aromatic nitrogens is 4. The maximum absolute atomic E-state index is 4.96. The minimum absolute atomic E-state index is 0.613. The number of aryl methyl sites for hydroxylation is 2. The van der Waals surface area contributed by atoms with Gasteiger partial charge in [-0.1, -0.05) is 72.8 Å². The van der Waals surface area contributed by atoms with Gasteiger partial charge in [0.2, 0.25) is 0 Å². The molecule has 0 unspecified atom stereocenters. The first-order valence-corrected chi connectivity index (χ1v) is 14.0. The first-order valence-electron chi connectivity index (χ1n) is 14.0. The molecule has 4 aromatic carbocycles. The number of fused-ring (bicyclic) bond motifs is 6. The molecule has 0 radical (unpaired) electrons. The van der Waals surface area contributed by atoms with Crippen molar-refractivity contribution < 1.29 is 0 Å². The minimum Gasteiger partial charge on any atom is -0.307 e. The highest BCUT2D eigenvalue weighted by Gasteiger charge is 2.18. The van der Waals surface area contributed by atoms with Crippen LogP contribution in [-0.4, -0.2) is 19.1 Å². The Morgan fingerprint density at radius 1 is 0.463 bits per heavy atom. The molecule has 0 aliphatic heterocycles. The van der Waals surface area contributed by atoms with Crippen LogP contribution < -0.4 is 0 Å². The highest BCUT2D eigenvalue weighted by molar-refractivity contribution is 6.10. The monoisotopic (exact) mass is 528 g/mol. The molecule has 4 nitrogen and oxygen atoms in total. The molecule has 8 aromatic rings. The van der Waals surface area contributed by atoms with Crippen LogP contribution in [0.2, 0.25) is 0 Å². The van der Waals surface area contributed by atoms with Crippen LogP contribution in [0.5, 0.6) is 0 Å². The van der Waals surface area contributed by atoms with Crippen LogP contribution in [0.15, 0.2) is 122 Å². The van der Waals surface area contributed by atoms with Gasteiger partial charge in [0.1, 0.15) is 18.0 Å². The Morgan fingerprint density at radius 2 is 0.902 bits per heavy atom. The third kappa shape index (κ3) is 3.83. The zero-order valence-electron chi connectivity index (χ0n) is 23.0. The molecule has 41 heavy (non-hydrogen) atoms. The number of pyridine rings is 2. The summed E-state index contributed by atoms with van der Waals surface area (Å²) in [6, 6.07) is 39.2. The average molecular weight is 529 g/mol. The number of benzene rings is 4. The van der Waals surface area contributed by atoms with Crippen molar-refractivity contribution in [2.24, 2.45) is 0 Å². The van der Waals surface area contributed by atoms with E-state index in [1.807, 2.05) is 12.4 Å². The van der Waals surface area contributed by atoms with E-state index in [0.717, 1.165) is 22.4 Å². The van der Waals surface area contributed by atoms with Crippen molar-refractivity contribution in [3.05, 3.63) is 133 Å². The van der Waals surface area contributed by atoms with Crippen LogP contribution in [0.25, 0.3) is 66.1 Å². The molecule has 4 aromatic heterocycles. The van der Waals surface area contributed by atoms with Gasteiger partial charge in [0.15, 0.2) is 0 Å². The molecule has 8 rings (SSSR count). The fourth-order valence-electron chi connectivity index (χ4n) is 6.20. The van der Waals surface area contributed by atoms with E-state index in [9.17, 15) is 0 Å². The number of nitrogens with zero attached hydrogens (tertiary/aromatic N) is 4. The predicted octanol–water partition coefficient (Wildman–Crippen LogP) is 9.15. The van der Waals surface area contributed by atoms with Gasteiger partial charge in [0, 0.05) is 33.9 Å². The maximum atomic E-state index is 4.96. The first kappa shape index (κ1) is 23.6. The molecule has 0 saturated heterocycles. The van der Waals surface area contributed by atoms with E-state index >= 15 is 0 Å². The third-order valence-corrected chi connectivity index (χ3v) is 8.17. The van der Waals surface area contributed by atoms with Crippen LogP contribution in [0.3, 0.4) is 0 Å². The summed E-state index contributed by atoms with van der Waals surface area (Å²) in [5, 5.41) is 4.78. The molecule has 0 bridgehead atoms. The van der Waals surface area contributed by atoms with Gasteiger partial charge in [-0.05, 0) is 83.6 Å². The second-order valence-electron chi connectivity index (χ2n) is 11.0. The Kier molecular flexibility index (Phi) is 5.29. The molecule has 4 heterocycles. The van der Waals surface area contributed by atoms with E-state index in [0.29, 0.717) is 6.67 Å². The van der Waals surface area contributed by atoms with Gasteiger partial charge in [-0.25, -0.2) is 9.97 Å². The molecular weight excluding hydrogens is 500 g/mol. The third-order valence-electron chi connectivity index (χ3n) is 8.17. The predicted molar refractivity (Wildman–Crippen MR) is 170 cm³/mol. The van der Waals surface area contributed by atoms with Gasteiger partial charge in [0.25, 0.3) is 0 Å². The normalized spacial score (nSPS) is 11.8. The molecular formula is C37H28N4. The summed E-state index contributed by atoms with van der Waals surface area (Å²) in [6.07, 6.45) is 3.94. The van der Waals surface area contributed by atoms with Crippen molar-refractivity contribution in [2.75, 3.05) is 0 Å². The second kappa shape index (κ2) is 9.17. The lowest BCUT2D eigenvalue weighted by molar-refractivity contribution is 0.672. The van der Waals surface area contributed by atoms with Crippen LogP contribution >= 0.6 is 0 Å². The van der Waals surface area contributed by atoms with Gasteiger partial charge in [0.05, 0.1) is 11.0 Å². The zero-order chi connectivity index (χ0) is 27.5. The number of hydrogen-bond donors (Lipinski definition) is 0. The summed E-state index contributed by atoms with van der Waals surface area (Å²) >= 11 is 0. The average Bonchev–Trinajstić information content (AvgIpc) is 3.49. The van der Waals surface area contributed by atoms with E-state index in [-0.39, 0.29) is 0 Å². The SMILES string of the molecule is Cc1cnc2c(c1)c1cc(-c3ccccc3)ccc1n2Cn1c2ccc(-c3ccccc3)cc2c2cc(C)cnc21. The Morgan fingerprint density at radius 3 is 1.34 bits per heavy atom.